The van der Waals surface area contributed by atoms with Crippen molar-refractivity contribution in [2.75, 3.05) is 11.9 Å². The number of rotatable bonds is 1. The number of nitrogens with zero attached hydrogens (tertiary/aromatic N) is 1. The molecule has 2 aromatic rings. The summed E-state index contributed by atoms with van der Waals surface area (Å²) in [5.41, 5.74) is 6.48. The van der Waals surface area contributed by atoms with Gasteiger partial charge in [0.05, 0.1) is 0 Å². The maximum atomic E-state index is 4.13. The molecule has 16 heavy (non-hydrogen) atoms. The number of anilines is 1. The first kappa shape index (κ1) is 9.40. The standard InChI is InChI=1S/C14H14N2/c1-10-9-15-6-5-13(10)12-3-2-11-4-7-16-14(11)8-12/h2-3,5-6,8-9,16H,4,7H2,1H3. The molecule has 0 fully saturated rings. The van der Waals surface area contributed by atoms with Crippen LogP contribution in [0, 0.1) is 6.92 Å². The summed E-state index contributed by atoms with van der Waals surface area (Å²) >= 11 is 0. The molecule has 0 radical (unpaired) electrons. The van der Waals surface area contributed by atoms with Crippen LogP contribution in [-0.2, 0) is 6.42 Å². The minimum atomic E-state index is 1.06. The largest absolute Gasteiger partial charge is 0.384 e. The van der Waals surface area contributed by atoms with Crippen LogP contribution in [-0.4, -0.2) is 11.5 Å². The van der Waals surface area contributed by atoms with Crippen LogP contribution in [0.1, 0.15) is 11.1 Å². The first-order chi connectivity index (χ1) is 7.84. The van der Waals surface area contributed by atoms with Crippen molar-refractivity contribution in [2.45, 2.75) is 13.3 Å². The van der Waals surface area contributed by atoms with Gasteiger partial charge in [0, 0.05) is 24.6 Å². The van der Waals surface area contributed by atoms with E-state index in [1.165, 1.54) is 27.9 Å². The Bertz CT molecular complexity index is 532. The van der Waals surface area contributed by atoms with Gasteiger partial charge in [-0.3, -0.25) is 4.98 Å². The third-order valence-electron chi connectivity index (χ3n) is 3.15. The van der Waals surface area contributed by atoms with Gasteiger partial charge in [0.15, 0.2) is 0 Å². The van der Waals surface area contributed by atoms with Crippen molar-refractivity contribution in [3.8, 4) is 11.1 Å². The Balaban J connectivity index is 2.11. The Kier molecular flexibility index (Phi) is 2.13. The topological polar surface area (TPSA) is 24.9 Å². The second kappa shape index (κ2) is 3.63. The zero-order valence-electron chi connectivity index (χ0n) is 9.33. The second-order valence-corrected chi connectivity index (χ2v) is 4.24. The van der Waals surface area contributed by atoms with E-state index in [4.69, 9.17) is 0 Å². The average Bonchev–Trinajstić information content (AvgIpc) is 2.76. The van der Waals surface area contributed by atoms with Crippen molar-refractivity contribution in [1.29, 1.82) is 0 Å². The smallest absolute Gasteiger partial charge is 0.0379 e. The highest BCUT2D eigenvalue weighted by atomic mass is 14.9. The fourth-order valence-electron chi connectivity index (χ4n) is 2.26. The van der Waals surface area contributed by atoms with Crippen LogP contribution in [0.3, 0.4) is 0 Å². The molecule has 2 heteroatoms. The summed E-state index contributed by atoms with van der Waals surface area (Å²) in [6.45, 7) is 3.16. The minimum absolute atomic E-state index is 1.06. The maximum Gasteiger partial charge on any atom is 0.0379 e. The van der Waals surface area contributed by atoms with Crippen molar-refractivity contribution >= 4 is 5.69 Å². The maximum absolute atomic E-state index is 4.13. The van der Waals surface area contributed by atoms with Gasteiger partial charge in [0.1, 0.15) is 0 Å². The van der Waals surface area contributed by atoms with E-state index in [0.29, 0.717) is 0 Å². The van der Waals surface area contributed by atoms with E-state index in [2.05, 4.69) is 41.5 Å². The van der Waals surface area contributed by atoms with Crippen LogP contribution < -0.4 is 5.32 Å². The molecule has 2 nitrogen and oxygen atoms in total. The van der Waals surface area contributed by atoms with E-state index < -0.39 is 0 Å². The van der Waals surface area contributed by atoms with Crippen LogP contribution in [0.2, 0.25) is 0 Å². The van der Waals surface area contributed by atoms with Crippen molar-refractivity contribution < 1.29 is 0 Å². The summed E-state index contributed by atoms with van der Waals surface area (Å²) in [6.07, 6.45) is 4.91. The summed E-state index contributed by atoms with van der Waals surface area (Å²) in [4.78, 5) is 4.13. The highest BCUT2D eigenvalue weighted by Gasteiger charge is 2.11. The van der Waals surface area contributed by atoms with E-state index in [9.17, 15) is 0 Å². The normalized spacial score (nSPS) is 13.3. The summed E-state index contributed by atoms with van der Waals surface area (Å²) < 4.78 is 0. The molecule has 1 aromatic heterocycles. The Morgan fingerprint density at radius 1 is 1.25 bits per heavy atom. The lowest BCUT2D eigenvalue weighted by atomic mass is 10.0. The van der Waals surface area contributed by atoms with Crippen molar-refractivity contribution in [2.24, 2.45) is 0 Å². The van der Waals surface area contributed by atoms with Gasteiger partial charge in [-0.05, 0) is 47.7 Å². The predicted molar refractivity (Wildman–Crippen MR) is 66.6 cm³/mol. The quantitative estimate of drug-likeness (QED) is 0.782. The highest BCUT2D eigenvalue weighted by Crippen LogP contribution is 2.29. The van der Waals surface area contributed by atoms with E-state index in [-0.39, 0.29) is 0 Å². The van der Waals surface area contributed by atoms with Crippen LogP contribution in [0.15, 0.2) is 36.7 Å². The molecule has 1 aromatic carbocycles. The Labute approximate surface area is 95.3 Å². The number of benzene rings is 1. The van der Waals surface area contributed by atoms with Gasteiger partial charge in [0.25, 0.3) is 0 Å². The summed E-state index contributed by atoms with van der Waals surface area (Å²) in [7, 11) is 0. The zero-order chi connectivity index (χ0) is 11.0. The SMILES string of the molecule is Cc1cnccc1-c1ccc2c(c1)NCC2. The molecule has 80 valence electrons. The van der Waals surface area contributed by atoms with Crippen molar-refractivity contribution in [3.05, 3.63) is 47.8 Å². The molecule has 0 amide bonds. The molecular weight excluding hydrogens is 196 g/mol. The lowest BCUT2D eigenvalue weighted by Gasteiger charge is -2.07. The summed E-state index contributed by atoms with van der Waals surface area (Å²) in [6, 6.07) is 8.75. The Hall–Kier alpha value is -1.83. The van der Waals surface area contributed by atoms with Gasteiger partial charge in [-0.25, -0.2) is 0 Å². The van der Waals surface area contributed by atoms with Gasteiger partial charge in [-0.2, -0.15) is 0 Å². The van der Waals surface area contributed by atoms with E-state index in [0.717, 1.165) is 13.0 Å². The third-order valence-corrected chi connectivity index (χ3v) is 3.15. The van der Waals surface area contributed by atoms with Gasteiger partial charge < -0.3 is 5.32 Å². The number of nitrogens with one attached hydrogen (secondary N) is 1. The fourth-order valence-corrected chi connectivity index (χ4v) is 2.26. The molecule has 0 saturated carbocycles. The molecule has 0 atom stereocenters. The molecule has 0 saturated heterocycles. The lowest BCUT2D eigenvalue weighted by Crippen LogP contribution is -1.91. The fraction of sp³-hybridized carbons (Fsp3) is 0.214. The van der Waals surface area contributed by atoms with Crippen LogP contribution >= 0.6 is 0 Å². The minimum Gasteiger partial charge on any atom is -0.384 e. The zero-order valence-corrected chi connectivity index (χ0v) is 9.33. The molecule has 1 aliphatic rings. The number of hydrogen-bond acceptors (Lipinski definition) is 2. The molecule has 0 bridgehead atoms. The molecule has 0 spiro atoms. The van der Waals surface area contributed by atoms with Gasteiger partial charge >= 0.3 is 0 Å². The number of aromatic nitrogens is 1. The third kappa shape index (κ3) is 1.47. The van der Waals surface area contributed by atoms with Crippen LogP contribution in [0.5, 0.6) is 0 Å². The molecule has 1 aliphatic heterocycles. The molecule has 1 N–H and O–H groups in total. The number of aryl methyl sites for hydroxylation is 1. The van der Waals surface area contributed by atoms with E-state index >= 15 is 0 Å². The Morgan fingerprint density at radius 2 is 2.19 bits per heavy atom. The molecule has 0 unspecified atom stereocenters. The average molecular weight is 210 g/mol. The predicted octanol–water partition coefficient (Wildman–Crippen LogP) is 3.03. The highest BCUT2D eigenvalue weighted by molar-refractivity contribution is 5.73. The molecular formula is C14H14N2. The van der Waals surface area contributed by atoms with Crippen molar-refractivity contribution in [3.63, 3.8) is 0 Å². The Morgan fingerprint density at radius 3 is 3.06 bits per heavy atom. The summed E-state index contributed by atoms with van der Waals surface area (Å²) in [5.74, 6) is 0. The van der Waals surface area contributed by atoms with Crippen molar-refractivity contribution in [1.82, 2.24) is 4.98 Å². The molecule has 2 heterocycles. The number of fused-ring (bicyclic) bond motifs is 1. The van der Waals surface area contributed by atoms with Gasteiger partial charge in [-0.1, -0.05) is 12.1 Å². The first-order valence-electron chi connectivity index (χ1n) is 5.62. The van der Waals surface area contributed by atoms with Crippen LogP contribution in [0.25, 0.3) is 11.1 Å². The van der Waals surface area contributed by atoms with E-state index in [1.807, 2.05) is 12.4 Å². The summed E-state index contributed by atoms with van der Waals surface area (Å²) in [5, 5.41) is 3.41. The molecule has 3 rings (SSSR count). The lowest BCUT2D eigenvalue weighted by molar-refractivity contribution is 1.11. The number of hydrogen-bond donors (Lipinski definition) is 1. The second-order valence-electron chi connectivity index (χ2n) is 4.24. The number of pyridine rings is 1. The van der Waals surface area contributed by atoms with Gasteiger partial charge in [-0.15, -0.1) is 0 Å². The van der Waals surface area contributed by atoms with Gasteiger partial charge in [0.2, 0.25) is 0 Å². The monoisotopic (exact) mass is 210 g/mol. The van der Waals surface area contributed by atoms with E-state index in [1.54, 1.807) is 0 Å². The first-order valence-corrected chi connectivity index (χ1v) is 5.62. The molecule has 0 aliphatic carbocycles. The van der Waals surface area contributed by atoms with Crippen LogP contribution in [0.4, 0.5) is 5.69 Å².